The summed E-state index contributed by atoms with van der Waals surface area (Å²) in [6, 6.07) is 21.2. The predicted molar refractivity (Wildman–Crippen MR) is 157 cm³/mol. The van der Waals surface area contributed by atoms with Gasteiger partial charge in [-0.2, -0.15) is 0 Å². The molecule has 0 aliphatic carbocycles. The van der Waals surface area contributed by atoms with Gasteiger partial charge in [-0.05, 0) is 63.7 Å². The van der Waals surface area contributed by atoms with E-state index in [-0.39, 0.29) is 17.9 Å². The van der Waals surface area contributed by atoms with Gasteiger partial charge < -0.3 is 30.3 Å². The summed E-state index contributed by atoms with van der Waals surface area (Å²) < 4.78 is 11.6. The molecule has 0 aromatic heterocycles. The summed E-state index contributed by atoms with van der Waals surface area (Å²) in [5.74, 6) is 0.935. The Bertz CT molecular complexity index is 1350. The van der Waals surface area contributed by atoms with Crippen LogP contribution in [-0.4, -0.2) is 44.7 Å². The average molecular weight is 529 g/mol. The van der Waals surface area contributed by atoms with Crippen LogP contribution in [0.1, 0.15) is 38.8 Å². The van der Waals surface area contributed by atoms with E-state index in [4.69, 9.17) is 9.47 Å². The maximum absolute atomic E-state index is 13.4. The Labute approximate surface area is 230 Å². The Balaban J connectivity index is 1.77. The summed E-state index contributed by atoms with van der Waals surface area (Å²) in [5, 5.41) is 9.64. The minimum Gasteiger partial charge on any atom is -0.490 e. The van der Waals surface area contributed by atoms with Crippen molar-refractivity contribution < 1.29 is 19.1 Å². The maximum atomic E-state index is 13.4. The van der Waals surface area contributed by atoms with Gasteiger partial charge in [-0.3, -0.25) is 9.59 Å². The van der Waals surface area contributed by atoms with Gasteiger partial charge in [-0.15, -0.1) is 0 Å². The average Bonchev–Trinajstić information content (AvgIpc) is 3.25. The van der Waals surface area contributed by atoms with Crippen LogP contribution >= 0.6 is 0 Å². The molecule has 0 spiro atoms. The number of benzene rings is 3. The lowest BCUT2D eigenvalue weighted by Gasteiger charge is -2.25. The first-order valence-electron chi connectivity index (χ1n) is 13.2. The number of fused-ring (bicyclic) bond motifs is 1. The highest BCUT2D eigenvalue weighted by Crippen LogP contribution is 2.43. The number of likely N-dealkylation sites (N-methyl/N-ethyl adjacent to an activating group) is 1. The fourth-order valence-electron chi connectivity index (χ4n) is 4.50. The van der Waals surface area contributed by atoms with E-state index in [9.17, 15) is 9.59 Å². The van der Waals surface area contributed by atoms with Gasteiger partial charge >= 0.3 is 0 Å². The second-order valence-corrected chi connectivity index (χ2v) is 9.27. The van der Waals surface area contributed by atoms with Gasteiger partial charge in [-0.1, -0.05) is 30.3 Å². The summed E-state index contributed by atoms with van der Waals surface area (Å²) in [6.07, 6.45) is 0. The van der Waals surface area contributed by atoms with Crippen LogP contribution < -0.4 is 30.3 Å². The zero-order valence-electron chi connectivity index (χ0n) is 23.1. The summed E-state index contributed by atoms with van der Waals surface area (Å²) >= 11 is 0. The molecule has 1 atom stereocenters. The molecule has 8 heteroatoms. The van der Waals surface area contributed by atoms with Crippen molar-refractivity contribution in [1.29, 1.82) is 0 Å². The normalized spacial score (nSPS) is 14.2. The van der Waals surface area contributed by atoms with Crippen molar-refractivity contribution in [2.45, 2.75) is 33.7 Å². The molecule has 39 heavy (non-hydrogen) atoms. The van der Waals surface area contributed by atoms with Crippen molar-refractivity contribution in [3.05, 3.63) is 77.9 Å². The molecule has 1 unspecified atom stereocenters. The number of carbonyl (C=O) groups excluding carboxylic acids is 2. The highest BCUT2D eigenvalue weighted by Gasteiger charge is 2.30. The molecule has 0 saturated carbocycles. The first-order chi connectivity index (χ1) is 18.9. The van der Waals surface area contributed by atoms with Crippen LogP contribution in [-0.2, 0) is 9.59 Å². The van der Waals surface area contributed by atoms with Crippen molar-refractivity contribution in [1.82, 2.24) is 5.32 Å². The number of anilines is 3. The summed E-state index contributed by atoms with van der Waals surface area (Å²) in [4.78, 5) is 27.4. The van der Waals surface area contributed by atoms with E-state index in [1.54, 1.807) is 11.8 Å². The molecule has 1 heterocycles. The van der Waals surface area contributed by atoms with Crippen molar-refractivity contribution in [2.24, 2.45) is 0 Å². The van der Waals surface area contributed by atoms with E-state index in [0.717, 1.165) is 22.5 Å². The lowest BCUT2D eigenvalue weighted by molar-refractivity contribution is -0.116. The van der Waals surface area contributed by atoms with Gasteiger partial charge in [0.25, 0.3) is 5.91 Å². The summed E-state index contributed by atoms with van der Waals surface area (Å²) in [6.45, 7) is 8.93. The number of rotatable bonds is 11. The quantitative estimate of drug-likeness (QED) is 0.290. The Morgan fingerprint density at radius 2 is 1.62 bits per heavy atom. The van der Waals surface area contributed by atoms with Crippen molar-refractivity contribution in [3.63, 3.8) is 0 Å². The minimum absolute atomic E-state index is 0.0272. The highest BCUT2D eigenvalue weighted by atomic mass is 16.5. The lowest BCUT2D eigenvalue weighted by Crippen LogP contribution is -2.40. The molecule has 3 N–H and O–H groups in total. The van der Waals surface area contributed by atoms with Crippen LogP contribution in [0.15, 0.2) is 66.7 Å². The minimum atomic E-state index is -0.215. The Hall–Kier alpha value is -4.30. The predicted octanol–water partition coefficient (Wildman–Crippen LogP) is 5.38. The Morgan fingerprint density at radius 3 is 2.21 bits per heavy atom. The van der Waals surface area contributed by atoms with Crippen LogP contribution in [0.2, 0.25) is 0 Å². The molecular formula is C31H36N4O4. The SMILES string of the molecule is CCOc1cc2c(cc1OCC)C(=C(Nc1ccc(N(CC(C)NC)C(C)=O)cc1)c1ccccc1)C(=O)N2. The van der Waals surface area contributed by atoms with E-state index in [0.29, 0.717) is 48.2 Å². The molecule has 1 aliphatic heterocycles. The number of nitrogens with one attached hydrogen (secondary N) is 3. The van der Waals surface area contributed by atoms with E-state index in [1.807, 2.05) is 94.5 Å². The molecule has 0 bridgehead atoms. The van der Waals surface area contributed by atoms with E-state index < -0.39 is 0 Å². The van der Waals surface area contributed by atoms with Crippen molar-refractivity contribution in [3.8, 4) is 11.5 Å². The Morgan fingerprint density at radius 1 is 0.974 bits per heavy atom. The molecule has 4 rings (SSSR count). The van der Waals surface area contributed by atoms with Crippen LogP contribution in [0.4, 0.5) is 17.1 Å². The summed E-state index contributed by atoms with van der Waals surface area (Å²) in [7, 11) is 1.88. The van der Waals surface area contributed by atoms with Gasteiger partial charge in [0.05, 0.1) is 30.2 Å². The largest absolute Gasteiger partial charge is 0.490 e. The van der Waals surface area contributed by atoms with Gasteiger partial charge in [-0.25, -0.2) is 0 Å². The number of nitrogens with zero attached hydrogens (tertiary/aromatic N) is 1. The number of hydrogen-bond acceptors (Lipinski definition) is 6. The highest BCUT2D eigenvalue weighted by molar-refractivity contribution is 6.37. The van der Waals surface area contributed by atoms with E-state index in [1.165, 1.54) is 0 Å². The molecule has 3 aromatic carbocycles. The molecule has 0 saturated heterocycles. The molecule has 2 amide bonds. The van der Waals surface area contributed by atoms with Crippen LogP contribution in [0.3, 0.4) is 0 Å². The standard InChI is InChI=1S/C31H36N4O4/c1-6-38-27-17-25-26(18-28(27)39-7-2)34-31(37)29(25)30(22-11-9-8-10-12-22)33-23-13-15-24(16-14-23)35(21(4)36)19-20(3)32-5/h8-18,20,32-33H,6-7,19H2,1-5H3,(H,34,37). The van der Waals surface area contributed by atoms with Crippen LogP contribution in [0.5, 0.6) is 11.5 Å². The zero-order chi connectivity index (χ0) is 27.9. The van der Waals surface area contributed by atoms with Crippen molar-refractivity contribution >= 4 is 40.1 Å². The lowest BCUT2D eigenvalue weighted by atomic mass is 9.99. The molecule has 0 fully saturated rings. The maximum Gasteiger partial charge on any atom is 0.258 e. The number of hydrogen-bond donors (Lipinski definition) is 3. The molecule has 0 radical (unpaired) electrons. The number of carbonyl (C=O) groups is 2. The molecule has 1 aliphatic rings. The third-order valence-corrected chi connectivity index (χ3v) is 6.52. The zero-order valence-corrected chi connectivity index (χ0v) is 23.1. The van der Waals surface area contributed by atoms with Crippen molar-refractivity contribution in [2.75, 3.05) is 42.3 Å². The fourth-order valence-corrected chi connectivity index (χ4v) is 4.50. The first kappa shape index (κ1) is 27.7. The Kier molecular flexibility index (Phi) is 8.88. The molecule has 204 valence electrons. The second kappa shape index (κ2) is 12.5. The molecule has 3 aromatic rings. The third kappa shape index (κ3) is 6.23. The first-order valence-corrected chi connectivity index (χ1v) is 13.2. The van der Waals surface area contributed by atoms with Crippen LogP contribution in [0.25, 0.3) is 11.3 Å². The van der Waals surface area contributed by atoms with E-state index >= 15 is 0 Å². The smallest absolute Gasteiger partial charge is 0.258 e. The van der Waals surface area contributed by atoms with Gasteiger partial charge in [0.1, 0.15) is 0 Å². The number of ether oxygens (including phenoxy) is 2. The van der Waals surface area contributed by atoms with Crippen LogP contribution in [0, 0.1) is 0 Å². The molecular weight excluding hydrogens is 492 g/mol. The van der Waals surface area contributed by atoms with Gasteiger partial charge in [0.2, 0.25) is 5.91 Å². The third-order valence-electron chi connectivity index (χ3n) is 6.52. The monoisotopic (exact) mass is 528 g/mol. The molecule has 8 nitrogen and oxygen atoms in total. The second-order valence-electron chi connectivity index (χ2n) is 9.27. The fraction of sp³-hybridized carbons (Fsp3) is 0.290. The number of amides is 2. The summed E-state index contributed by atoms with van der Waals surface area (Å²) in [5.41, 5.74) is 5.03. The van der Waals surface area contributed by atoms with Gasteiger partial charge in [0.15, 0.2) is 11.5 Å². The van der Waals surface area contributed by atoms with Gasteiger partial charge in [0, 0.05) is 42.5 Å². The topological polar surface area (TPSA) is 91.9 Å². The van der Waals surface area contributed by atoms with E-state index in [2.05, 4.69) is 16.0 Å².